The van der Waals surface area contributed by atoms with E-state index in [-0.39, 0.29) is 11.9 Å². The maximum Gasteiger partial charge on any atom is 0.251 e. The second-order valence-corrected chi connectivity index (χ2v) is 5.71. The average Bonchev–Trinajstić information content (AvgIpc) is 2.47. The number of hydrogen-bond acceptors (Lipinski definition) is 4. The van der Waals surface area contributed by atoms with E-state index in [0.29, 0.717) is 22.9 Å². The molecule has 5 nitrogen and oxygen atoms in total. The number of nitrogens with one attached hydrogen (secondary N) is 1. The zero-order valence-corrected chi connectivity index (χ0v) is 11.8. The molecule has 1 unspecified atom stereocenters. The molecule has 3 N–H and O–H groups in total. The third-order valence-corrected chi connectivity index (χ3v) is 4.40. The largest absolute Gasteiger partial charge is 0.497 e. The van der Waals surface area contributed by atoms with Crippen LogP contribution in [-0.4, -0.2) is 43.6 Å². The van der Waals surface area contributed by atoms with Crippen LogP contribution in [-0.2, 0) is 0 Å². The van der Waals surface area contributed by atoms with Crippen LogP contribution in [0.1, 0.15) is 23.2 Å². The summed E-state index contributed by atoms with van der Waals surface area (Å²) in [5, 5.41) is 3.15. The Hall–Kier alpha value is -1.75. The molecule has 3 aliphatic rings. The molecule has 3 aliphatic heterocycles. The minimum atomic E-state index is -0.0608. The van der Waals surface area contributed by atoms with Crippen LogP contribution in [0.5, 0.6) is 5.75 Å². The van der Waals surface area contributed by atoms with Gasteiger partial charge in [0.2, 0.25) is 0 Å². The van der Waals surface area contributed by atoms with Crippen LogP contribution < -0.4 is 15.8 Å². The number of fused-ring (bicyclic) bond motifs is 3. The van der Waals surface area contributed by atoms with E-state index >= 15 is 0 Å². The molecule has 20 heavy (non-hydrogen) atoms. The van der Waals surface area contributed by atoms with E-state index in [0.717, 1.165) is 6.54 Å². The number of carbonyl (C=O) groups is 1. The molecule has 1 amide bonds. The van der Waals surface area contributed by atoms with Crippen molar-refractivity contribution in [3.05, 3.63) is 23.8 Å². The lowest BCUT2D eigenvalue weighted by Gasteiger charge is -2.44. The summed E-state index contributed by atoms with van der Waals surface area (Å²) in [6, 6.07) is 5.40. The monoisotopic (exact) mass is 275 g/mol. The predicted octanol–water partition coefficient (Wildman–Crippen LogP) is 1.10. The summed E-state index contributed by atoms with van der Waals surface area (Å²) >= 11 is 0. The zero-order valence-electron chi connectivity index (χ0n) is 11.8. The van der Waals surface area contributed by atoms with Gasteiger partial charge in [0.05, 0.1) is 7.11 Å². The van der Waals surface area contributed by atoms with Crippen LogP contribution in [0, 0.1) is 5.92 Å². The Balaban J connectivity index is 1.71. The smallest absolute Gasteiger partial charge is 0.251 e. The SMILES string of the molecule is COc1cc(N)cc(C(=O)NC2CN3CCC2CC3)c1. The molecule has 5 heteroatoms. The Morgan fingerprint density at radius 3 is 2.70 bits per heavy atom. The number of nitrogens with two attached hydrogens (primary N) is 1. The molecule has 3 fully saturated rings. The molecule has 108 valence electrons. The average molecular weight is 275 g/mol. The molecule has 3 heterocycles. The van der Waals surface area contributed by atoms with Gasteiger partial charge >= 0.3 is 0 Å². The van der Waals surface area contributed by atoms with Gasteiger partial charge < -0.3 is 20.7 Å². The third-order valence-electron chi connectivity index (χ3n) is 4.40. The topological polar surface area (TPSA) is 67.6 Å². The fraction of sp³-hybridized carbons (Fsp3) is 0.533. The minimum absolute atomic E-state index is 0.0608. The van der Waals surface area contributed by atoms with Gasteiger partial charge in [0.15, 0.2) is 0 Å². The van der Waals surface area contributed by atoms with Crippen molar-refractivity contribution in [2.24, 2.45) is 5.92 Å². The normalized spacial score (nSPS) is 28.1. The Morgan fingerprint density at radius 1 is 1.35 bits per heavy atom. The Bertz CT molecular complexity index is 510. The highest BCUT2D eigenvalue weighted by atomic mass is 16.5. The molecule has 2 bridgehead atoms. The quantitative estimate of drug-likeness (QED) is 0.811. The highest BCUT2D eigenvalue weighted by molar-refractivity contribution is 5.95. The van der Waals surface area contributed by atoms with Crippen molar-refractivity contribution in [1.82, 2.24) is 10.2 Å². The number of benzene rings is 1. The van der Waals surface area contributed by atoms with Crippen molar-refractivity contribution < 1.29 is 9.53 Å². The fourth-order valence-electron chi connectivity index (χ4n) is 3.25. The van der Waals surface area contributed by atoms with Crippen molar-refractivity contribution >= 4 is 11.6 Å². The molecule has 1 aromatic rings. The van der Waals surface area contributed by atoms with Crippen LogP contribution in [0.15, 0.2) is 18.2 Å². The fourth-order valence-corrected chi connectivity index (χ4v) is 3.25. The summed E-state index contributed by atoms with van der Waals surface area (Å²) in [7, 11) is 1.57. The van der Waals surface area contributed by atoms with Crippen LogP contribution in [0.2, 0.25) is 0 Å². The van der Waals surface area contributed by atoms with Gasteiger partial charge in [-0.1, -0.05) is 0 Å². The number of rotatable bonds is 3. The van der Waals surface area contributed by atoms with Gasteiger partial charge in [-0.05, 0) is 44.0 Å². The summed E-state index contributed by atoms with van der Waals surface area (Å²) in [6.07, 6.45) is 2.37. The molecule has 3 saturated heterocycles. The molecular weight excluding hydrogens is 254 g/mol. The first-order valence-corrected chi connectivity index (χ1v) is 7.13. The number of hydrogen-bond donors (Lipinski definition) is 2. The van der Waals surface area contributed by atoms with Gasteiger partial charge in [0.25, 0.3) is 5.91 Å². The molecule has 0 aromatic heterocycles. The summed E-state index contributed by atoms with van der Waals surface area (Å²) in [4.78, 5) is 14.8. The number of piperidine rings is 3. The van der Waals surface area contributed by atoms with Crippen molar-refractivity contribution in [3.8, 4) is 5.75 Å². The van der Waals surface area contributed by atoms with E-state index in [1.54, 1.807) is 25.3 Å². The summed E-state index contributed by atoms with van der Waals surface area (Å²) in [5.74, 6) is 1.17. The molecule has 0 saturated carbocycles. The maximum atomic E-state index is 12.4. The minimum Gasteiger partial charge on any atom is -0.497 e. The van der Waals surface area contributed by atoms with E-state index in [1.807, 2.05) is 0 Å². The van der Waals surface area contributed by atoms with Crippen LogP contribution >= 0.6 is 0 Å². The van der Waals surface area contributed by atoms with E-state index in [4.69, 9.17) is 10.5 Å². The Morgan fingerprint density at radius 2 is 2.10 bits per heavy atom. The van der Waals surface area contributed by atoms with Crippen LogP contribution in [0.25, 0.3) is 0 Å². The lowest BCUT2D eigenvalue weighted by Crippen LogP contribution is -2.57. The van der Waals surface area contributed by atoms with Gasteiger partial charge in [0, 0.05) is 29.9 Å². The molecule has 4 rings (SSSR count). The number of methoxy groups -OCH3 is 1. The van der Waals surface area contributed by atoms with Crippen molar-refractivity contribution in [2.45, 2.75) is 18.9 Å². The van der Waals surface area contributed by atoms with E-state index in [2.05, 4.69) is 10.2 Å². The summed E-state index contributed by atoms with van der Waals surface area (Å²) in [6.45, 7) is 3.31. The zero-order chi connectivity index (χ0) is 14.1. The van der Waals surface area contributed by atoms with Crippen LogP contribution in [0.3, 0.4) is 0 Å². The number of carbonyl (C=O) groups excluding carboxylic acids is 1. The van der Waals surface area contributed by atoms with Crippen LogP contribution in [0.4, 0.5) is 5.69 Å². The summed E-state index contributed by atoms with van der Waals surface area (Å²) in [5.41, 5.74) is 6.91. The highest BCUT2D eigenvalue weighted by Gasteiger charge is 2.34. The number of ether oxygens (including phenoxy) is 1. The molecule has 0 aliphatic carbocycles. The first kappa shape index (κ1) is 13.2. The van der Waals surface area contributed by atoms with Crippen molar-refractivity contribution in [2.75, 3.05) is 32.5 Å². The van der Waals surface area contributed by atoms with Crippen molar-refractivity contribution in [1.29, 1.82) is 0 Å². The van der Waals surface area contributed by atoms with Gasteiger partial charge in [-0.3, -0.25) is 4.79 Å². The molecular formula is C15H21N3O2. The highest BCUT2D eigenvalue weighted by Crippen LogP contribution is 2.28. The first-order valence-electron chi connectivity index (χ1n) is 7.13. The second-order valence-electron chi connectivity index (χ2n) is 5.71. The number of nitrogens with zero attached hydrogens (tertiary/aromatic N) is 1. The lowest BCUT2D eigenvalue weighted by atomic mass is 9.84. The first-order chi connectivity index (χ1) is 9.65. The van der Waals surface area contributed by atoms with E-state index in [9.17, 15) is 4.79 Å². The van der Waals surface area contributed by atoms with Gasteiger partial charge in [-0.2, -0.15) is 0 Å². The maximum absolute atomic E-state index is 12.4. The standard InChI is InChI=1S/C15H21N3O2/c1-20-13-7-11(6-12(16)8-13)15(19)17-14-9-18-4-2-10(14)3-5-18/h6-8,10,14H,2-5,9,16H2,1H3,(H,17,19). The molecule has 1 aromatic carbocycles. The Labute approximate surface area is 119 Å². The molecule has 0 radical (unpaired) electrons. The molecule has 1 atom stereocenters. The third kappa shape index (κ3) is 2.58. The van der Waals surface area contributed by atoms with E-state index in [1.165, 1.54) is 25.9 Å². The number of nitrogen functional groups attached to an aromatic ring is 1. The van der Waals surface area contributed by atoms with Gasteiger partial charge in [-0.25, -0.2) is 0 Å². The second kappa shape index (κ2) is 5.32. The Kier molecular flexibility index (Phi) is 3.53. The van der Waals surface area contributed by atoms with Gasteiger partial charge in [0.1, 0.15) is 5.75 Å². The lowest BCUT2D eigenvalue weighted by molar-refractivity contribution is 0.0620. The predicted molar refractivity (Wildman–Crippen MR) is 77.8 cm³/mol. The van der Waals surface area contributed by atoms with Gasteiger partial charge in [-0.15, -0.1) is 0 Å². The number of amides is 1. The van der Waals surface area contributed by atoms with E-state index < -0.39 is 0 Å². The van der Waals surface area contributed by atoms with Crippen molar-refractivity contribution in [3.63, 3.8) is 0 Å². The molecule has 0 spiro atoms. The number of anilines is 1. The summed E-state index contributed by atoms with van der Waals surface area (Å²) < 4.78 is 5.16.